The quantitative estimate of drug-likeness (QED) is 0.818. The maximum absolute atomic E-state index is 3.44. The summed E-state index contributed by atoms with van der Waals surface area (Å²) in [5.41, 5.74) is 6.28. The molecular formula is C16H25N. The Balaban J connectivity index is 2.37. The molecule has 0 heterocycles. The van der Waals surface area contributed by atoms with Crippen LogP contribution in [-0.2, 0) is 0 Å². The van der Waals surface area contributed by atoms with Crippen LogP contribution in [0.2, 0.25) is 0 Å². The van der Waals surface area contributed by atoms with Gasteiger partial charge in [-0.2, -0.15) is 0 Å². The van der Waals surface area contributed by atoms with Crippen LogP contribution in [0.5, 0.6) is 0 Å². The molecule has 1 aliphatic carbocycles. The van der Waals surface area contributed by atoms with Crippen molar-refractivity contribution in [1.29, 1.82) is 0 Å². The number of aryl methyl sites for hydroxylation is 3. The van der Waals surface area contributed by atoms with Gasteiger partial charge in [0.15, 0.2) is 0 Å². The molecule has 1 heteroatoms. The van der Waals surface area contributed by atoms with Crippen LogP contribution in [0.1, 0.15) is 48.4 Å². The summed E-state index contributed by atoms with van der Waals surface area (Å²) < 4.78 is 0. The van der Waals surface area contributed by atoms with Crippen molar-refractivity contribution in [2.24, 2.45) is 5.41 Å². The molecular weight excluding hydrogens is 206 g/mol. The van der Waals surface area contributed by atoms with E-state index in [4.69, 9.17) is 0 Å². The molecule has 0 saturated heterocycles. The molecule has 1 aromatic carbocycles. The van der Waals surface area contributed by atoms with Crippen molar-refractivity contribution in [3.05, 3.63) is 34.4 Å². The first-order chi connectivity index (χ1) is 7.87. The highest BCUT2D eigenvalue weighted by Crippen LogP contribution is 2.53. The smallest absolute Gasteiger partial charge is 0.0127 e. The van der Waals surface area contributed by atoms with Gasteiger partial charge in [0.05, 0.1) is 0 Å². The van der Waals surface area contributed by atoms with Crippen molar-refractivity contribution in [1.82, 2.24) is 5.32 Å². The predicted molar refractivity (Wildman–Crippen MR) is 74.6 cm³/mol. The molecule has 0 bridgehead atoms. The van der Waals surface area contributed by atoms with Crippen molar-refractivity contribution in [2.45, 2.75) is 53.0 Å². The lowest BCUT2D eigenvalue weighted by molar-refractivity contribution is 0.0743. The van der Waals surface area contributed by atoms with Gasteiger partial charge in [0.1, 0.15) is 0 Å². The van der Waals surface area contributed by atoms with Crippen LogP contribution >= 0.6 is 0 Å². The van der Waals surface area contributed by atoms with Gasteiger partial charge < -0.3 is 5.32 Å². The molecule has 1 N–H and O–H groups in total. The summed E-state index contributed by atoms with van der Waals surface area (Å²) in [6, 6.07) is 5.31. The topological polar surface area (TPSA) is 12.0 Å². The first kappa shape index (κ1) is 12.6. The molecule has 0 radical (unpaired) electrons. The van der Waals surface area contributed by atoms with Gasteiger partial charge in [-0.3, -0.25) is 0 Å². The predicted octanol–water partition coefficient (Wildman–Crippen LogP) is 3.71. The minimum atomic E-state index is 0.375. The maximum Gasteiger partial charge on any atom is 0.0127 e. The molecule has 0 amide bonds. The Kier molecular flexibility index (Phi) is 3.07. The van der Waals surface area contributed by atoms with Gasteiger partial charge in [-0.1, -0.05) is 31.5 Å². The third-order valence-corrected chi connectivity index (χ3v) is 4.70. The minimum absolute atomic E-state index is 0.375. The summed E-state index contributed by atoms with van der Waals surface area (Å²) in [7, 11) is 2.08. The summed E-state index contributed by atoms with van der Waals surface area (Å²) >= 11 is 0. The van der Waals surface area contributed by atoms with Crippen LogP contribution in [0.25, 0.3) is 0 Å². The first-order valence-corrected chi connectivity index (χ1v) is 6.63. The highest BCUT2D eigenvalue weighted by Gasteiger charge is 2.48. The summed E-state index contributed by atoms with van der Waals surface area (Å²) in [4.78, 5) is 0. The average molecular weight is 231 g/mol. The van der Waals surface area contributed by atoms with Crippen LogP contribution in [-0.4, -0.2) is 13.1 Å². The number of nitrogens with one attached hydrogen (secondary N) is 1. The van der Waals surface area contributed by atoms with Gasteiger partial charge in [-0.25, -0.2) is 0 Å². The molecule has 1 saturated carbocycles. The molecule has 2 rings (SSSR count). The lowest BCUT2D eigenvalue weighted by atomic mass is 9.55. The highest BCUT2D eigenvalue weighted by atomic mass is 14.9. The minimum Gasteiger partial charge on any atom is -0.316 e. The summed E-state index contributed by atoms with van der Waals surface area (Å²) in [6.45, 7) is 11.5. The van der Waals surface area contributed by atoms with Crippen LogP contribution in [0.4, 0.5) is 0 Å². The molecule has 1 nitrogen and oxygen atoms in total. The Bertz CT molecular complexity index is 408. The van der Waals surface area contributed by atoms with E-state index in [9.17, 15) is 0 Å². The zero-order valence-corrected chi connectivity index (χ0v) is 12.0. The third-order valence-electron chi connectivity index (χ3n) is 4.70. The second-order valence-corrected chi connectivity index (χ2v) is 6.26. The number of hydrogen-bond donors (Lipinski definition) is 1. The van der Waals surface area contributed by atoms with Crippen LogP contribution < -0.4 is 5.32 Å². The van der Waals surface area contributed by atoms with E-state index in [2.05, 4.69) is 59.1 Å². The van der Waals surface area contributed by atoms with Crippen molar-refractivity contribution in [3.8, 4) is 0 Å². The fourth-order valence-electron chi connectivity index (χ4n) is 3.65. The molecule has 1 aromatic rings. The molecule has 2 atom stereocenters. The van der Waals surface area contributed by atoms with Gasteiger partial charge in [0.25, 0.3) is 0 Å². The van der Waals surface area contributed by atoms with E-state index in [0.717, 1.165) is 0 Å². The molecule has 94 valence electrons. The fraction of sp³-hybridized carbons (Fsp3) is 0.625. The van der Waals surface area contributed by atoms with E-state index in [1.165, 1.54) is 23.1 Å². The molecule has 2 unspecified atom stereocenters. The van der Waals surface area contributed by atoms with Gasteiger partial charge in [-0.15, -0.1) is 0 Å². The van der Waals surface area contributed by atoms with Crippen molar-refractivity contribution in [2.75, 3.05) is 7.05 Å². The summed E-state index contributed by atoms with van der Waals surface area (Å²) in [5.74, 6) is 0.709. The van der Waals surface area contributed by atoms with E-state index < -0.39 is 0 Å². The number of hydrogen-bond acceptors (Lipinski definition) is 1. The second-order valence-electron chi connectivity index (χ2n) is 6.26. The standard InChI is InChI=1S/C16H25N/c1-10-7-11(2)15(12(3)8-10)13-9-14(17-6)16(13,4)5/h7-8,13-14,17H,9H2,1-6H3. The van der Waals surface area contributed by atoms with Gasteiger partial charge in [0.2, 0.25) is 0 Å². The van der Waals surface area contributed by atoms with E-state index >= 15 is 0 Å². The van der Waals surface area contributed by atoms with Crippen molar-refractivity contribution >= 4 is 0 Å². The van der Waals surface area contributed by atoms with E-state index in [1.54, 1.807) is 5.56 Å². The molecule has 1 fully saturated rings. The van der Waals surface area contributed by atoms with E-state index in [0.29, 0.717) is 17.4 Å². The molecule has 0 aliphatic heterocycles. The third kappa shape index (κ3) is 1.91. The maximum atomic E-state index is 3.44. The van der Waals surface area contributed by atoms with Gasteiger partial charge >= 0.3 is 0 Å². The van der Waals surface area contributed by atoms with Crippen molar-refractivity contribution in [3.63, 3.8) is 0 Å². The van der Waals surface area contributed by atoms with Crippen LogP contribution in [0.3, 0.4) is 0 Å². The average Bonchev–Trinajstić information content (AvgIpc) is 2.20. The molecule has 0 aromatic heterocycles. The van der Waals surface area contributed by atoms with Crippen molar-refractivity contribution < 1.29 is 0 Å². The molecule has 17 heavy (non-hydrogen) atoms. The zero-order valence-electron chi connectivity index (χ0n) is 12.0. The Morgan fingerprint density at radius 1 is 1.12 bits per heavy atom. The normalized spacial score (nSPS) is 26.7. The Morgan fingerprint density at radius 3 is 2.06 bits per heavy atom. The Morgan fingerprint density at radius 2 is 1.65 bits per heavy atom. The second kappa shape index (κ2) is 4.13. The van der Waals surface area contributed by atoms with Gasteiger partial charge in [0, 0.05) is 6.04 Å². The van der Waals surface area contributed by atoms with Crippen LogP contribution in [0.15, 0.2) is 12.1 Å². The molecule has 1 aliphatic rings. The SMILES string of the molecule is CNC1CC(c2c(C)cc(C)cc2C)C1(C)C. The molecule has 0 spiro atoms. The highest BCUT2D eigenvalue weighted by molar-refractivity contribution is 5.42. The monoisotopic (exact) mass is 231 g/mol. The van der Waals surface area contributed by atoms with E-state index in [-0.39, 0.29) is 0 Å². The van der Waals surface area contributed by atoms with Crippen LogP contribution in [0, 0.1) is 26.2 Å². The number of rotatable bonds is 2. The number of benzene rings is 1. The summed E-state index contributed by atoms with van der Waals surface area (Å²) in [6.07, 6.45) is 1.27. The Labute approximate surface area is 106 Å². The Hall–Kier alpha value is -0.820. The lowest BCUT2D eigenvalue weighted by Crippen LogP contribution is -2.54. The lowest BCUT2D eigenvalue weighted by Gasteiger charge is -2.53. The fourth-order valence-corrected chi connectivity index (χ4v) is 3.65. The summed E-state index contributed by atoms with van der Waals surface area (Å²) in [5, 5.41) is 3.44. The largest absolute Gasteiger partial charge is 0.316 e. The zero-order chi connectivity index (χ0) is 12.8. The van der Waals surface area contributed by atoms with Gasteiger partial charge in [-0.05, 0) is 62.3 Å². The first-order valence-electron chi connectivity index (χ1n) is 6.63. The van der Waals surface area contributed by atoms with E-state index in [1.807, 2.05) is 0 Å².